The molecule has 0 N–H and O–H groups in total. The predicted molar refractivity (Wildman–Crippen MR) is 188 cm³/mol. The number of sulfonamides is 1. The van der Waals surface area contributed by atoms with Crippen molar-refractivity contribution in [3.63, 3.8) is 0 Å². The van der Waals surface area contributed by atoms with Gasteiger partial charge in [-0.05, 0) is 74.4 Å². The van der Waals surface area contributed by atoms with E-state index in [0.29, 0.717) is 52.6 Å². The maximum atomic E-state index is 14.1. The fourth-order valence-electron chi connectivity index (χ4n) is 5.71. The molecule has 4 aromatic carbocycles. The van der Waals surface area contributed by atoms with Crippen LogP contribution in [0.2, 0.25) is 0 Å². The second-order valence-electron chi connectivity index (χ2n) is 11.5. The molecule has 47 heavy (non-hydrogen) atoms. The number of aryl methyl sites for hydroxylation is 1. The lowest BCUT2D eigenvalue weighted by atomic mass is 10.0. The monoisotopic (exact) mass is 659 g/mol. The molecule has 1 aromatic heterocycles. The van der Waals surface area contributed by atoms with Crippen LogP contribution in [0.5, 0.6) is 0 Å². The summed E-state index contributed by atoms with van der Waals surface area (Å²) in [6.07, 6.45) is 5.43. The lowest BCUT2D eigenvalue weighted by Crippen LogP contribution is -2.27. The predicted octanol–water partition coefficient (Wildman–Crippen LogP) is 7.21. The number of carbonyl (C=O) groups excluding carboxylic acids is 1. The number of benzene rings is 4. The highest BCUT2D eigenvalue weighted by atomic mass is 32.2. The summed E-state index contributed by atoms with van der Waals surface area (Å²) in [6, 6.07) is 34.3. The van der Waals surface area contributed by atoms with Gasteiger partial charge in [-0.1, -0.05) is 66.2 Å². The maximum absolute atomic E-state index is 14.1. The smallest absolute Gasteiger partial charge is 0.267 e. The zero-order chi connectivity index (χ0) is 32.4. The largest absolute Gasteiger partial charge is 0.280 e. The molecule has 2 aliphatic rings. The Morgan fingerprint density at radius 2 is 1.51 bits per heavy atom. The molecule has 0 bridgehead atoms. The van der Waals surface area contributed by atoms with Crippen LogP contribution in [0.4, 0.5) is 5.69 Å². The highest BCUT2D eigenvalue weighted by Crippen LogP contribution is 2.33. The number of amides is 1. The molecule has 1 saturated heterocycles. The molecule has 236 valence electrons. The van der Waals surface area contributed by atoms with Crippen LogP contribution in [-0.2, 0) is 14.8 Å². The van der Waals surface area contributed by atoms with E-state index in [4.69, 9.17) is 10.2 Å². The minimum absolute atomic E-state index is 0.230. The summed E-state index contributed by atoms with van der Waals surface area (Å²) in [4.78, 5) is 15.4. The standard InChI is InChI=1S/C37H33N5O3S2/c1-27-17-19-32(20-18-27)46-26-35-34(37(43)42(38-35)31-14-6-3-7-15-31)24-29-25-41(30-12-4-2-5-13-30)39-36(29)28-11-10-16-33(23-28)47(44,45)40-21-8-9-22-40/h2-7,10-20,23-25H,8-9,21-22,26H2,1H3/b34-24-. The molecule has 0 spiro atoms. The molecule has 5 aromatic rings. The lowest BCUT2D eigenvalue weighted by Gasteiger charge is -2.16. The van der Waals surface area contributed by atoms with Crippen LogP contribution in [0, 0.1) is 6.92 Å². The average Bonchev–Trinajstić information content (AvgIpc) is 3.87. The first kappa shape index (κ1) is 30.9. The van der Waals surface area contributed by atoms with Gasteiger partial charge >= 0.3 is 0 Å². The second-order valence-corrected chi connectivity index (χ2v) is 14.5. The zero-order valence-electron chi connectivity index (χ0n) is 25.9. The molecule has 0 atom stereocenters. The Kier molecular flexibility index (Phi) is 8.64. The quantitative estimate of drug-likeness (QED) is 0.123. The van der Waals surface area contributed by atoms with E-state index in [1.165, 1.54) is 10.6 Å². The van der Waals surface area contributed by atoms with Crippen molar-refractivity contribution in [3.8, 4) is 16.9 Å². The van der Waals surface area contributed by atoms with Crippen molar-refractivity contribution >= 4 is 45.2 Å². The van der Waals surface area contributed by atoms with Gasteiger partial charge in [0, 0.05) is 41.1 Å². The normalized spacial score (nSPS) is 16.3. The molecule has 8 nitrogen and oxygen atoms in total. The lowest BCUT2D eigenvalue weighted by molar-refractivity contribution is -0.114. The third-order valence-corrected chi connectivity index (χ3v) is 11.1. The summed E-state index contributed by atoms with van der Waals surface area (Å²) < 4.78 is 30.3. The Hall–Kier alpha value is -4.77. The Morgan fingerprint density at radius 3 is 2.21 bits per heavy atom. The van der Waals surface area contributed by atoms with E-state index >= 15 is 0 Å². The first-order valence-electron chi connectivity index (χ1n) is 15.5. The van der Waals surface area contributed by atoms with Crippen molar-refractivity contribution in [1.82, 2.24) is 14.1 Å². The fraction of sp³-hybridized carbons (Fsp3) is 0.162. The molecule has 0 aliphatic carbocycles. The fourth-order valence-corrected chi connectivity index (χ4v) is 8.12. The number of aromatic nitrogens is 2. The second kappa shape index (κ2) is 13.2. The highest BCUT2D eigenvalue weighted by Gasteiger charge is 2.32. The molecule has 1 fully saturated rings. The van der Waals surface area contributed by atoms with Gasteiger partial charge in [0.1, 0.15) is 5.69 Å². The van der Waals surface area contributed by atoms with Crippen molar-refractivity contribution in [2.24, 2.45) is 5.10 Å². The third-order valence-electron chi connectivity index (χ3n) is 8.23. The summed E-state index contributed by atoms with van der Waals surface area (Å²) in [6.45, 7) is 3.10. The minimum atomic E-state index is -3.64. The number of hydrazone groups is 1. The molecule has 1 amide bonds. The van der Waals surface area contributed by atoms with Gasteiger partial charge in [-0.3, -0.25) is 4.79 Å². The number of para-hydroxylation sites is 2. The Balaban J connectivity index is 1.32. The highest BCUT2D eigenvalue weighted by molar-refractivity contribution is 8.00. The van der Waals surface area contributed by atoms with Gasteiger partial charge in [-0.25, -0.2) is 13.1 Å². The van der Waals surface area contributed by atoms with E-state index in [9.17, 15) is 13.2 Å². The Bertz CT molecular complexity index is 2090. The van der Waals surface area contributed by atoms with Crippen LogP contribution in [0.1, 0.15) is 24.0 Å². The number of hydrogen-bond donors (Lipinski definition) is 0. The van der Waals surface area contributed by atoms with Gasteiger partial charge in [0.2, 0.25) is 10.0 Å². The van der Waals surface area contributed by atoms with Crippen LogP contribution < -0.4 is 5.01 Å². The maximum Gasteiger partial charge on any atom is 0.280 e. The van der Waals surface area contributed by atoms with E-state index in [1.54, 1.807) is 38.9 Å². The number of carbonyl (C=O) groups is 1. The number of anilines is 1. The van der Waals surface area contributed by atoms with Gasteiger partial charge < -0.3 is 0 Å². The first-order chi connectivity index (χ1) is 22.9. The summed E-state index contributed by atoms with van der Waals surface area (Å²) in [5.74, 6) is 0.245. The van der Waals surface area contributed by atoms with Crippen LogP contribution in [0.15, 0.2) is 136 Å². The Morgan fingerprint density at radius 1 is 0.830 bits per heavy atom. The van der Waals surface area contributed by atoms with Crippen molar-refractivity contribution in [2.45, 2.75) is 29.6 Å². The summed E-state index contributed by atoms with van der Waals surface area (Å²) in [7, 11) is -3.64. The van der Waals surface area contributed by atoms with Gasteiger partial charge in [-0.15, -0.1) is 11.8 Å². The summed E-state index contributed by atoms with van der Waals surface area (Å²) >= 11 is 1.62. The zero-order valence-corrected chi connectivity index (χ0v) is 27.5. The van der Waals surface area contributed by atoms with Gasteiger partial charge in [0.05, 0.1) is 27.6 Å². The number of hydrogen-bond acceptors (Lipinski definition) is 6. The van der Waals surface area contributed by atoms with E-state index in [0.717, 1.165) is 23.4 Å². The van der Waals surface area contributed by atoms with Crippen LogP contribution >= 0.6 is 11.8 Å². The van der Waals surface area contributed by atoms with Gasteiger partial charge in [0.15, 0.2) is 0 Å². The van der Waals surface area contributed by atoms with Crippen LogP contribution in [-0.4, -0.2) is 53.0 Å². The molecule has 0 unspecified atom stereocenters. The topological polar surface area (TPSA) is 87.9 Å². The van der Waals surface area contributed by atoms with E-state index in [-0.39, 0.29) is 10.8 Å². The van der Waals surface area contributed by atoms with E-state index < -0.39 is 10.0 Å². The molecule has 2 aliphatic heterocycles. The van der Waals surface area contributed by atoms with Gasteiger partial charge in [0.25, 0.3) is 5.91 Å². The molecule has 0 radical (unpaired) electrons. The molecule has 0 saturated carbocycles. The van der Waals surface area contributed by atoms with Crippen molar-refractivity contribution in [2.75, 3.05) is 23.9 Å². The number of nitrogens with zero attached hydrogens (tertiary/aromatic N) is 5. The summed E-state index contributed by atoms with van der Waals surface area (Å²) in [5.41, 5.74) is 5.69. The minimum Gasteiger partial charge on any atom is -0.267 e. The summed E-state index contributed by atoms with van der Waals surface area (Å²) in [5, 5.41) is 11.2. The van der Waals surface area contributed by atoms with Crippen LogP contribution in [0.25, 0.3) is 23.0 Å². The van der Waals surface area contributed by atoms with Crippen molar-refractivity contribution < 1.29 is 13.2 Å². The SMILES string of the molecule is Cc1ccc(SCC2=NN(c3ccccc3)C(=O)/C2=C\c2cn(-c3ccccc3)nc2-c2cccc(S(=O)(=O)N3CCCC3)c2)cc1. The van der Waals surface area contributed by atoms with E-state index in [1.807, 2.05) is 79.0 Å². The van der Waals surface area contributed by atoms with Gasteiger partial charge in [-0.2, -0.15) is 19.5 Å². The third kappa shape index (κ3) is 6.44. The molecule has 7 rings (SSSR count). The van der Waals surface area contributed by atoms with Crippen molar-refractivity contribution in [3.05, 3.63) is 132 Å². The molecular weight excluding hydrogens is 627 g/mol. The van der Waals surface area contributed by atoms with Crippen molar-refractivity contribution in [1.29, 1.82) is 0 Å². The molecule has 10 heteroatoms. The van der Waals surface area contributed by atoms with Crippen LogP contribution in [0.3, 0.4) is 0 Å². The average molecular weight is 660 g/mol. The van der Waals surface area contributed by atoms with E-state index in [2.05, 4.69) is 31.2 Å². The first-order valence-corrected chi connectivity index (χ1v) is 17.9. The molecule has 3 heterocycles. The Labute approximate surface area is 279 Å². The number of thioether (sulfide) groups is 1. The molecular formula is C37H33N5O3S2. The number of rotatable bonds is 9.